The predicted molar refractivity (Wildman–Crippen MR) is 54.8 cm³/mol. The maximum Gasteiger partial charge on any atom is 0.208 e. The van der Waals surface area contributed by atoms with Crippen molar-refractivity contribution in [2.45, 2.75) is 20.0 Å². The van der Waals surface area contributed by atoms with Crippen LogP contribution < -0.4 is 4.72 Å². The van der Waals surface area contributed by atoms with Crippen molar-refractivity contribution in [1.82, 2.24) is 4.72 Å². The SMILES string of the molecule is CC(C)OCCOCCNS(C)(=O)=O. The monoisotopic (exact) mass is 225 g/mol. The zero-order valence-corrected chi connectivity index (χ0v) is 9.76. The molecule has 0 aromatic heterocycles. The highest BCUT2D eigenvalue weighted by Gasteiger charge is 1.98. The Kier molecular flexibility index (Phi) is 7.08. The smallest absolute Gasteiger partial charge is 0.208 e. The van der Waals surface area contributed by atoms with Gasteiger partial charge in [-0.1, -0.05) is 0 Å². The second-order valence-electron chi connectivity index (χ2n) is 3.20. The lowest BCUT2D eigenvalue weighted by molar-refractivity contribution is 0.0212. The Hall–Kier alpha value is -0.170. The molecule has 0 radical (unpaired) electrons. The lowest BCUT2D eigenvalue weighted by atomic mass is 10.5. The van der Waals surface area contributed by atoms with E-state index in [-0.39, 0.29) is 6.10 Å². The van der Waals surface area contributed by atoms with Crippen LogP contribution in [0.15, 0.2) is 0 Å². The van der Waals surface area contributed by atoms with Crippen LogP contribution in [0.1, 0.15) is 13.8 Å². The van der Waals surface area contributed by atoms with Crippen LogP contribution in [-0.4, -0.2) is 47.1 Å². The molecule has 0 bridgehead atoms. The molecule has 14 heavy (non-hydrogen) atoms. The minimum absolute atomic E-state index is 0.202. The normalized spacial score (nSPS) is 12.3. The summed E-state index contributed by atoms with van der Waals surface area (Å²) in [6, 6.07) is 0. The molecule has 0 aliphatic rings. The van der Waals surface area contributed by atoms with Gasteiger partial charge in [0.2, 0.25) is 10.0 Å². The van der Waals surface area contributed by atoms with Gasteiger partial charge in [-0.2, -0.15) is 0 Å². The predicted octanol–water partition coefficient (Wildman–Crippen LogP) is -0.0228. The van der Waals surface area contributed by atoms with Crippen molar-refractivity contribution in [2.75, 3.05) is 32.6 Å². The lowest BCUT2D eigenvalue weighted by Gasteiger charge is -2.08. The van der Waals surface area contributed by atoms with Crippen molar-refractivity contribution >= 4 is 10.0 Å². The Morgan fingerprint density at radius 1 is 1.21 bits per heavy atom. The fourth-order valence-electron chi connectivity index (χ4n) is 0.744. The van der Waals surface area contributed by atoms with Crippen molar-refractivity contribution in [3.05, 3.63) is 0 Å². The van der Waals surface area contributed by atoms with Crippen LogP contribution in [-0.2, 0) is 19.5 Å². The molecular formula is C8H19NO4S. The fraction of sp³-hybridized carbons (Fsp3) is 1.00. The summed E-state index contributed by atoms with van der Waals surface area (Å²) < 4.78 is 33.9. The van der Waals surface area contributed by atoms with Gasteiger partial charge in [-0.15, -0.1) is 0 Å². The Bertz CT molecular complexity index is 225. The minimum atomic E-state index is -3.09. The zero-order valence-electron chi connectivity index (χ0n) is 8.95. The van der Waals surface area contributed by atoms with Crippen LogP contribution in [0.2, 0.25) is 0 Å². The molecule has 6 heteroatoms. The van der Waals surface area contributed by atoms with E-state index < -0.39 is 10.0 Å². The molecule has 86 valence electrons. The van der Waals surface area contributed by atoms with E-state index in [1.807, 2.05) is 13.8 Å². The highest BCUT2D eigenvalue weighted by atomic mass is 32.2. The summed E-state index contributed by atoms with van der Waals surface area (Å²) in [6.07, 6.45) is 1.32. The van der Waals surface area contributed by atoms with E-state index in [1.165, 1.54) is 0 Å². The average molecular weight is 225 g/mol. The summed E-state index contributed by atoms with van der Waals surface area (Å²) in [7, 11) is -3.09. The number of nitrogens with one attached hydrogen (secondary N) is 1. The fourth-order valence-corrected chi connectivity index (χ4v) is 1.20. The van der Waals surface area contributed by atoms with E-state index in [9.17, 15) is 8.42 Å². The van der Waals surface area contributed by atoms with Gasteiger partial charge in [0.1, 0.15) is 0 Å². The molecule has 1 N–H and O–H groups in total. The van der Waals surface area contributed by atoms with Crippen molar-refractivity contribution in [2.24, 2.45) is 0 Å². The van der Waals surface area contributed by atoms with Gasteiger partial charge in [0.25, 0.3) is 0 Å². The molecule has 0 aliphatic carbocycles. The Morgan fingerprint density at radius 2 is 1.86 bits per heavy atom. The highest BCUT2D eigenvalue weighted by molar-refractivity contribution is 7.88. The third-order valence-corrected chi connectivity index (χ3v) is 2.02. The van der Waals surface area contributed by atoms with E-state index >= 15 is 0 Å². The molecule has 0 atom stereocenters. The van der Waals surface area contributed by atoms with E-state index in [0.29, 0.717) is 26.4 Å². The number of sulfonamides is 1. The van der Waals surface area contributed by atoms with Gasteiger partial charge in [-0.05, 0) is 13.8 Å². The van der Waals surface area contributed by atoms with Gasteiger partial charge in [0.05, 0.1) is 32.2 Å². The number of ether oxygens (including phenoxy) is 2. The summed E-state index contributed by atoms with van der Waals surface area (Å²) in [6.45, 7) is 5.60. The topological polar surface area (TPSA) is 64.6 Å². The van der Waals surface area contributed by atoms with Crippen molar-refractivity contribution in [3.8, 4) is 0 Å². The second kappa shape index (κ2) is 7.17. The van der Waals surface area contributed by atoms with Gasteiger partial charge < -0.3 is 9.47 Å². The van der Waals surface area contributed by atoms with E-state index in [1.54, 1.807) is 0 Å². The molecule has 0 unspecified atom stereocenters. The molecular weight excluding hydrogens is 206 g/mol. The summed E-state index contributed by atoms with van der Waals surface area (Å²) in [5.74, 6) is 0. The first kappa shape index (κ1) is 13.8. The molecule has 0 amide bonds. The summed E-state index contributed by atoms with van der Waals surface area (Å²) in [5, 5.41) is 0. The van der Waals surface area contributed by atoms with Gasteiger partial charge in [-0.3, -0.25) is 0 Å². The van der Waals surface area contributed by atoms with E-state index in [0.717, 1.165) is 6.26 Å². The standard InChI is InChI=1S/C8H19NO4S/c1-8(2)13-7-6-12-5-4-9-14(3,10)11/h8-9H,4-7H2,1-3H3. The number of rotatable bonds is 8. The quantitative estimate of drug-likeness (QED) is 0.590. The summed E-state index contributed by atoms with van der Waals surface area (Å²) in [5.41, 5.74) is 0. The largest absolute Gasteiger partial charge is 0.378 e. The van der Waals surface area contributed by atoms with E-state index in [4.69, 9.17) is 9.47 Å². The van der Waals surface area contributed by atoms with Crippen LogP contribution >= 0.6 is 0 Å². The van der Waals surface area contributed by atoms with Crippen LogP contribution in [0.4, 0.5) is 0 Å². The molecule has 0 saturated heterocycles. The van der Waals surface area contributed by atoms with Gasteiger partial charge in [0, 0.05) is 6.54 Å². The Morgan fingerprint density at radius 3 is 2.36 bits per heavy atom. The number of hydrogen-bond donors (Lipinski definition) is 1. The summed E-state index contributed by atoms with van der Waals surface area (Å²) in [4.78, 5) is 0. The number of hydrogen-bond acceptors (Lipinski definition) is 4. The first-order chi connectivity index (χ1) is 6.42. The van der Waals surface area contributed by atoms with Gasteiger partial charge >= 0.3 is 0 Å². The lowest BCUT2D eigenvalue weighted by Crippen LogP contribution is -2.26. The maximum atomic E-state index is 10.6. The van der Waals surface area contributed by atoms with Crippen LogP contribution in [0, 0.1) is 0 Å². The first-order valence-electron chi connectivity index (χ1n) is 4.56. The average Bonchev–Trinajstić information content (AvgIpc) is 2.00. The van der Waals surface area contributed by atoms with Crippen LogP contribution in [0.3, 0.4) is 0 Å². The van der Waals surface area contributed by atoms with Crippen LogP contribution in [0.5, 0.6) is 0 Å². The van der Waals surface area contributed by atoms with Crippen molar-refractivity contribution < 1.29 is 17.9 Å². The molecule has 0 saturated carbocycles. The molecule has 0 heterocycles. The second-order valence-corrected chi connectivity index (χ2v) is 5.03. The van der Waals surface area contributed by atoms with Crippen LogP contribution in [0.25, 0.3) is 0 Å². The molecule has 0 spiro atoms. The third kappa shape index (κ3) is 11.8. The van der Waals surface area contributed by atoms with E-state index in [2.05, 4.69) is 4.72 Å². The summed E-state index contributed by atoms with van der Waals surface area (Å²) >= 11 is 0. The molecule has 0 fully saturated rings. The maximum absolute atomic E-state index is 10.6. The molecule has 0 aromatic rings. The van der Waals surface area contributed by atoms with Crippen molar-refractivity contribution in [3.63, 3.8) is 0 Å². The van der Waals surface area contributed by atoms with Crippen molar-refractivity contribution in [1.29, 1.82) is 0 Å². The third-order valence-electron chi connectivity index (χ3n) is 1.29. The Balaban J connectivity index is 3.15. The van der Waals surface area contributed by atoms with Gasteiger partial charge in [0.15, 0.2) is 0 Å². The minimum Gasteiger partial charge on any atom is -0.378 e. The molecule has 5 nitrogen and oxygen atoms in total. The zero-order chi connectivity index (χ0) is 11.0. The first-order valence-corrected chi connectivity index (χ1v) is 6.45. The molecule has 0 aliphatic heterocycles. The Labute approximate surface area is 85.8 Å². The molecule has 0 aromatic carbocycles. The molecule has 0 rings (SSSR count). The van der Waals surface area contributed by atoms with Gasteiger partial charge in [-0.25, -0.2) is 13.1 Å². The highest BCUT2D eigenvalue weighted by Crippen LogP contribution is 1.86.